The lowest BCUT2D eigenvalue weighted by atomic mass is 10.1. The Morgan fingerprint density at radius 3 is 2.95 bits per heavy atom. The van der Waals surface area contributed by atoms with Crippen LogP contribution in [0.1, 0.15) is 21.6 Å². The van der Waals surface area contributed by atoms with Crippen LogP contribution < -0.4 is 5.73 Å². The fourth-order valence-corrected chi connectivity index (χ4v) is 1.20. The largest absolute Gasteiger partial charge is 0.505 e. The van der Waals surface area contributed by atoms with Crippen LogP contribution in [0.3, 0.4) is 0 Å². The number of aliphatic hydroxyl groups is 1. The van der Waals surface area contributed by atoms with Gasteiger partial charge in [-0.05, 0) is 0 Å². The minimum Gasteiger partial charge on any atom is -0.505 e. The molecule has 8 heteroatoms. The standard InChI is InChI=1S/C11H14FN3O4/c12-8(1-13)6-19-15-3-10-11(18)9(5-17)7(4-16)2-14-10/h2-3,5,8,16,18H,1,4,6,13H2. The molecule has 0 aliphatic rings. The Morgan fingerprint density at radius 1 is 1.63 bits per heavy atom. The van der Waals surface area contributed by atoms with Gasteiger partial charge in [0.05, 0.1) is 18.4 Å². The number of nitrogens with two attached hydrogens (primary N) is 1. The molecule has 1 atom stereocenters. The van der Waals surface area contributed by atoms with Gasteiger partial charge in [-0.1, -0.05) is 5.16 Å². The molecule has 19 heavy (non-hydrogen) atoms. The maximum absolute atomic E-state index is 12.7. The van der Waals surface area contributed by atoms with E-state index in [1.165, 1.54) is 6.20 Å². The Kier molecular flexibility index (Phi) is 5.83. The Hall–Kier alpha value is -2.06. The number of halogens is 1. The Labute approximate surface area is 108 Å². The summed E-state index contributed by atoms with van der Waals surface area (Å²) in [4.78, 5) is 19.2. The molecule has 1 rings (SSSR count). The third kappa shape index (κ3) is 3.97. The molecule has 0 radical (unpaired) electrons. The van der Waals surface area contributed by atoms with E-state index in [-0.39, 0.29) is 30.0 Å². The molecule has 0 amide bonds. The van der Waals surface area contributed by atoms with Crippen LogP contribution in [0.15, 0.2) is 11.4 Å². The van der Waals surface area contributed by atoms with E-state index in [4.69, 9.17) is 10.8 Å². The molecule has 0 aliphatic heterocycles. The van der Waals surface area contributed by atoms with Gasteiger partial charge in [-0.15, -0.1) is 0 Å². The zero-order chi connectivity index (χ0) is 14.3. The van der Waals surface area contributed by atoms with Gasteiger partial charge in [-0.2, -0.15) is 0 Å². The van der Waals surface area contributed by atoms with Crippen LogP contribution in [0.25, 0.3) is 0 Å². The quantitative estimate of drug-likeness (QED) is 0.357. The van der Waals surface area contributed by atoms with Crippen LogP contribution in [-0.2, 0) is 11.4 Å². The summed E-state index contributed by atoms with van der Waals surface area (Å²) in [5.74, 6) is -0.426. The molecule has 0 saturated heterocycles. The Bertz CT molecular complexity index is 467. The third-order valence-electron chi connectivity index (χ3n) is 2.25. The zero-order valence-corrected chi connectivity index (χ0v) is 9.99. The molecule has 4 N–H and O–H groups in total. The van der Waals surface area contributed by atoms with E-state index in [1.54, 1.807) is 0 Å². The van der Waals surface area contributed by atoms with Crippen molar-refractivity contribution in [3.8, 4) is 5.75 Å². The monoisotopic (exact) mass is 271 g/mol. The molecule has 1 aromatic heterocycles. The van der Waals surface area contributed by atoms with Crippen LogP contribution in [0.2, 0.25) is 0 Å². The zero-order valence-electron chi connectivity index (χ0n) is 9.99. The highest BCUT2D eigenvalue weighted by Gasteiger charge is 2.12. The summed E-state index contributed by atoms with van der Waals surface area (Å²) >= 11 is 0. The first-order valence-electron chi connectivity index (χ1n) is 5.40. The first-order valence-corrected chi connectivity index (χ1v) is 5.40. The maximum Gasteiger partial charge on any atom is 0.154 e. The number of hydrogen-bond acceptors (Lipinski definition) is 7. The number of aromatic hydroxyl groups is 1. The minimum absolute atomic E-state index is 0.0255. The van der Waals surface area contributed by atoms with Crippen molar-refractivity contribution in [3.63, 3.8) is 0 Å². The summed E-state index contributed by atoms with van der Waals surface area (Å²) in [5, 5.41) is 22.1. The van der Waals surface area contributed by atoms with Gasteiger partial charge in [0, 0.05) is 18.3 Å². The lowest BCUT2D eigenvalue weighted by Crippen LogP contribution is -2.19. The molecular weight excluding hydrogens is 257 g/mol. The molecule has 0 fully saturated rings. The summed E-state index contributed by atoms with van der Waals surface area (Å²) in [6.07, 6.45) is 1.32. The number of carbonyl (C=O) groups is 1. The smallest absolute Gasteiger partial charge is 0.154 e. The summed E-state index contributed by atoms with van der Waals surface area (Å²) in [7, 11) is 0. The number of pyridine rings is 1. The molecule has 1 unspecified atom stereocenters. The molecule has 1 heterocycles. The number of alkyl halides is 1. The normalized spacial score (nSPS) is 12.6. The van der Waals surface area contributed by atoms with Crippen LogP contribution >= 0.6 is 0 Å². The van der Waals surface area contributed by atoms with Crippen LogP contribution in [0.5, 0.6) is 5.75 Å². The number of oxime groups is 1. The van der Waals surface area contributed by atoms with Crippen molar-refractivity contribution in [3.05, 3.63) is 23.0 Å². The van der Waals surface area contributed by atoms with E-state index < -0.39 is 18.5 Å². The van der Waals surface area contributed by atoms with Gasteiger partial charge < -0.3 is 20.8 Å². The number of aromatic nitrogens is 1. The summed E-state index contributed by atoms with van der Waals surface area (Å²) in [6, 6.07) is 0. The Balaban J connectivity index is 2.79. The lowest BCUT2D eigenvalue weighted by molar-refractivity contribution is 0.0909. The van der Waals surface area contributed by atoms with Crippen molar-refractivity contribution >= 4 is 12.5 Å². The Morgan fingerprint density at radius 2 is 2.37 bits per heavy atom. The molecule has 0 aliphatic carbocycles. The topological polar surface area (TPSA) is 118 Å². The first-order chi connectivity index (χ1) is 9.13. The van der Waals surface area contributed by atoms with Crippen LogP contribution in [-0.4, -0.2) is 47.0 Å². The second-order valence-corrected chi connectivity index (χ2v) is 3.57. The van der Waals surface area contributed by atoms with Crippen molar-refractivity contribution in [2.75, 3.05) is 13.2 Å². The van der Waals surface area contributed by atoms with Crippen molar-refractivity contribution in [2.45, 2.75) is 12.8 Å². The number of aldehydes is 1. The average Bonchev–Trinajstić information content (AvgIpc) is 2.44. The summed E-state index contributed by atoms with van der Waals surface area (Å²) < 4.78 is 12.7. The predicted octanol–water partition coefficient (Wildman–Crippen LogP) is -0.261. The van der Waals surface area contributed by atoms with E-state index in [0.717, 1.165) is 6.21 Å². The molecular formula is C11H14FN3O4. The van der Waals surface area contributed by atoms with Crippen molar-refractivity contribution in [1.29, 1.82) is 0 Å². The molecule has 7 nitrogen and oxygen atoms in total. The van der Waals surface area contributed by atoms with Gasteiger partial charge >= 0.3 is 0 Å². The van der Waals surface area contributed by atoms with Crippen molar-refractivity contribution in [1.82, 2.24) is 4.98 Å². The number of aliphatic hydroxyl groups excluding tert-OH is 1. The maximum atomic E-state index is 12.7. The summed E-state index contributed by atoms with van der Waals surface area (Å²) in [6.45, 7) is -0.925. The van der Waals surface area contributed by atoms with E-state index >= 15 is 0 Å². The fraction of sp³-hybridized carbons (Fsp3) is 0.364. The molecule has 104 valence electrons. The van der Waals surface area contributed by atoms with Gasteiger partial charge in [0.25, 0.3) is 0 Å². The highest BCUT2D eigenvalue weighted by molar-refractivity contribution is 5.89. The first kappa shape index (κ1) is 15.0. The van der Waals surface area contributed by atoms with Crippen LogP contribution in [0.4, 0.5) is 4.39 Å². The van der Waals surface area contributed by atoms with E-state index in [9.17, 15) is 14.3 Å². The van der Waals surface area contributed by atoms with E-state index in [1.807, 2.05) is 0 Å². The van der Waals surface area contributed by atoms with Crippen LogP contribution in [0, 0.1) is 0 Å². The minimum atomic E-state index is -1.33. The lowest BCUT2D eigenvalue weighted by Gasteiger charge is -2.06. The predicted molar refractivity (Wildman–Crippen MR) is 64.7 cm³/mol. The SMILES string of the molecule is NCC(F)CON=Cc1ncc(CO)c(C=O)c1O. The number of hydrogen-bond donors (Lipinski definition) is 3. The number of carbonyl (C=O) groups excluding carboxylic acids is 1. The molecule has 0 aromatic carbocycles. The van der Waals surface area contributed by atoms with Crippen molar-refractivity contribution in [2.24, 2.45) is 10.9 Å². The molecule has 0 bridgehead atoms. The molecule has 0 saturated carbocycles. The summed E-state index contributed by atoms with van der Waals surface area (Å²) in [5.41, 5.74) is 5.12. The number of nitrogens with zero attached hydrogens (tertiary/aromatic N) is 2. The fourth-order valence-electron chi connectivity index (χ4n) is 1.20. The van der Waals surface area contributed by atoms with E-state index in [0.29, 0.717) is 6.29 Å². The third-order valence-corrected chi connectivity index (χ3v) is 2.25. The van der Waals surface area contributed by atoms with Crippen molar-refractivity contribution < 1.29 is 24.2 Å². The van der Waals surface area contributed by atoms with Gasteiger partial charge in [-0.3, -0.25) is 9.78 Å². The second-order valence-electron chi connectivity index (χ2n) is 3.57. The van der Waals surface area contributed by atoms with E-state index in [2.05, 4.69) is 15.0 Å². The highest BCUT2D eigenvalue weighted by Crippen LogP contribution is 2.21. The van der Waals surface area contributed by atoms with Gasteiger partial charge in [-0.25, -0.2) is 4.39 Å². The van der Waals surface area contributed by atoms with Gasteiger partial charge in [0.2, 0.25) is 0 Å². The van der Waals surface area contributed by atoms with Gasteiger partial charge in [0.15, 0.2) is 12.0 Å². The number of rotatable bonds is 7. The van der Waals surface area contributed by atoms with Gasteiger partial charge in [0.1, 0.15) is 18.5 Å². The second kappa shape index (κ2) is 7.39. The molecule has 0 spiro atoms. The highest BCUT2D eigenvalue weighted by atomic mass is 19.1. The average molecular weight is 271 g/mol. The molecule has 1 aromatic rings.